The van der Waals surface area contributed by atoms with Gasteiger partial charge in [0.15, 0.2) is 5.96 Å². The first-order valence-electron chi connectivity index (χ1n) is 28.7. The molecule has 2 aliphatic heterocycles. The molecule has 2 fully saturated rings. The van der Waals surface area contributed by atoms with Gasteiger partial charge >= 0.3 is 17.9 Å². The lowest BCUT2D eigenvalue weighted by Crippen LogP contribution is -2.58. The van der Waals surface area contributed by atoms with Crippen molar-refractivity contribution in [2.75, 3.05) is 111 Å². The van der Waals surface area contributed by atoms with Crippen molar-refractivity contribution in [2.24, 2.45) is 5.73 Å². The standard InChI is InChI=1S/C59H77IN14O14/c1-70-47(9-5-18-63-54(84)40-13-15-42(16-14-40)66-50(77)33-71-20-22-72(34-51(78)79)24-26-74(36-53(82)83)27-25-73(23-21-71)35-52(80)81)57(87)68-44(8-4-19-64-59(61)62)56(86)69-45(30-37-10-12-39-6-2-3-7-41(39)28-37)55(85)65-32-49(76)67-46(58(70)88)31-38-11-17-48(75)43(60)29-38/h2-3,6-7,10-17,28-29,44-47,75H,4-5,8-9,18-27,30-36H2,1H3,(H,63,84)(H,65,85)(H,66,77)(H,67,76)(H,68,87)(H,69,86)(H,78,79)(H,80,81)(H,82,83)(H4,61,62,64)/t44-,45-,46+,47+/m0/s1. The maximum atomic E-state index is 14.7. The number of guanidine groups is 1. The Labute approximate surface area is 521 Å². The van der Waals surface area contributed by atoms with E-state index in [1.54, 1.807) is 31.7 Å². The number of benzene rings is 4. The zero-order valence-corrected chi connectivity index (χ0v) is 51.0. The molecule has 0 spiro atoms. The number of fused-ring (bicyclic) bond motifs is 1. The Balaban J connectivity index is 1.16. The number of carbonyl (C=O) groups excluding carboxylic acids is 7. The molecule has 0 bridgehead atoms. The topological polar surface area (TPSA) is 402 Å². The molecule has 0 aromatic heterocycles. The number of nitrogens with two attached hydrogens (primary N) is 1. The number of rotatable bonds is 22. The van der Waals surface area contributed by atoms with Crippen LogP contribution in [0.15, 0.2) is 84.9 Å². The summed E-state index contributed by atoms with van der Waals surface area (Å²) in [4.78, 5) is 142. The molecule has 4 aromatic rings. The summed E-state index contributed by atoms with van der Waals surface area (Å²) in [5, 5.41) is 67.6. The molecule has 28 nitrogen and oxygen atoms in total. The lowest BCUT2D eigenvalue weighted by Gasteiger charge is -2.32. The largest absolute Gasteiger partial charge is 0.507 e. The number of phenols is 1. The van der Waals surface area contributed by atoms with Gasteiger partial charge in [-0.15, -0.1) is 0 Å². The number of aromatic hydroxyl groups is 1. The van der Waals surface area contributed by atoms with Crippen LogP contribution in [0, 0.1) is 8.98 Å². The van der Waals surface area contributed by atoms with Crippen LogP contribution < -0.4 is 43.0 Å². The van der Waals surface area contributed by atoms with Crippen LogP contribution >= 0.6 is 22.6 Å². The Morgan fingerprint density at radius 3 is 1.72 bits per heavy atom. The maximum absolute atomic E-state index is 14.7. The van der Waals surface area contributed by atoms with Crippen molar-refractivity contribution in [3.05, 3.63) is 105 Å². The number of carboxylic acids is 3. The number of nitrogens with zero attached hydrogens (tertiary/aromatic N) is 5. The third-order valence-electron chi connectivity index (χ3n) is 14.9. The zero-order chi connectivity index (χ0) is 63.9. The van der Waals surface area contributed by atoms with Gasteiger partial charge in [0.2, 0.25) is 35.4 Å². The zero-order valence-electron chi connectivity index (χ0n) is 48.8. The predicted octanol–water partition coefficient (Wildman–Crippen LogP) is -0.766. The van der Waals surface area contributed by atoms with Crippen LogP contribution in [0.4, 0.5) is 5.69 Å². The number of anilines is 1. The van der Waals surface area contributed by atoms with Crippen LogP contribution in [0.5, 0.6) is 5.75 Å². The molecular weight excluding hydrogens is 1260 g/mol. The van der Waals surface area contributed by atoms with Crippen molar-refractivity contribution in [3.63, 3.8) is 0 Å². The molecule has 4 atom stereocenters. The van der Waals surface area contributed by atoms with Crippen molar-refractivity contribution >= 4 is 104 Å². The first kappa shape index (κ1) is 68.6. The fourth-order valence-electron chi connectivity index (χ4n) is 10.2. The van der Waals surface area contributed by atoms with Crippen molar-refractivity contribution in [3.8, 4) is 5.75 Å². The van der Waals surface area contributed by atoms with Gasteiger partial charge in [0, 0.05) is 96.6 Å². The third-order valence-corrected chi connectivity index (χ3v) is 15.7. The van der Waals surface area contributed by atoms with E-state index in [1.807, 2.05) is 65.1 Å². The fourth-order valence-corrected chi connectivity index (χ4v) is 10.8. The van der Waals surface area contributed by atoms with Gasteiger partial charge in [0.05, 0.1) is 36.3 Å². The summed E-state index contributed by atoms with van der Waals surface area (Å²) in [6.45, 7) is 0.195. The molecule has 29 heteroatoms. The SMILES string of the molecule is CN1C(=O)[C@@H](Cc2ccc(O)c(I)c2)NC(=O)CNC(=O)[C@H](Cc2ccc3ccccc3c2)NC(=O)[C@H](CCCNC(=N)N)NC(=O)[C@H]1CCCNC(=O)c1ccc(NC(=O)CN2CCN(CC(=O)O)CCN(CC(=O)O)CCN(CC(=O)O)CC2)cc1. The van der Waals surface area contributed by atoms with Gasteiger partial charge in [0.25, 0.3) is 5.91 Å². The van der Waals surface area contributed by atoms with Crippen LogP contribution in [0.1, 0.15) is 47.2 Å². The molecule has 0 saturated carbocycles. The maximum Gasteiger partial charge on any atom is 0.317 e. The molecule has 2 aliphatic rings. The minimum atomic E-state index is -1.30. The van der Waals surface area contributed by atoms with Gasteiger partial charge in [-0.05, 0) is 107 Å². The van der Waals surface area contributed by atoms with Crippen LogP contribution in [0.25, 0.3) is 10.8 Å². The summed E-state index contributed by atoms with van der Waals surface area (Å²) in [6, 6.07) is 18.7. The van der Waals surface area contributed by atoms with E-state index in [9.17, 15) is 68.4 Å². The molecule has 6 rings (SSSR count). The quantitative estimate of drug-likeness (QED) is 0.0199. The number of nitrogens with one attached hydrogen (secondary N) is 8. The molecule has 0 radical (unpaired) electrons. The average Bonchev–Trinajstić information content (AvgIpc) is 3.70. The first-order valence-corrected chi connectivity index (χ1v) is 29.8. The number of carboxylic acid groups (broad SMARTS) is 3. The van der Waals surface area contributed by atoms with Crippen molar-refractivity contribution in [1.82, 2.24) is 56.4 Å². The number of halogens is 1. The van der Waals surface area contributed by atoms with Gasteiger partial charge < -0.3 is 68.3 Å². The second-order valence-corrected chi connectivity index (χ2v) is 22.8. The molecular formula is C59H77IN14O14. The predicted molar refractivity (Wildman–Crippen MR) is 332 cm³/mol. The summed E-state index contributed by atoms with van der Waals surface area (Å²) in [6.07, 6.45) is 0.151. The number of hydrogen-bond donors (Lipinski definition) is 13. The molecule has 0 aliphatic carbocycles. The van der Waals surface area contributed by atoms with Crippen molar-refractivity contribution in [2.45, 2.75) is 62.7 Å². The minimum absolute atomic E-state index is 0.00470. The molecule has 2 heterocycles. The van der Waals surface area contributed by atoms with E-state index in [2.05, 4.69) is 37.2 Å². The molecule has 14 N–H and O–H groups in total. The summed E-state index contributed by atoms with van der Waals surface area (Å²) < 4.78 is 0.473. The van der Waals surface area contributed by atoms with E-state index in [1.165, 1.54) is 37.4 Å². The van der Waals surface area contributed by atoms with E-state index in [0.717, 1.165) is 15.7 Å². The number of aliphatic carboxylic acids is 3. The molecule has 2 saturated heterocycles. The lowest BCUT2D eigenvalue weighted by atomic mass is 10.00. The highest BCUT2D eigenvalue weighted by Gasteiger charge is 2.36. The lowest BCUT2D eigenvalue weighted by molar-refractivity contribution is -0.142. The summed E-state index contributed by atoms with van der Waals surface area (Å²) >= 11 is 1.93. The smallest absolute Gasteiger partial charge is 0.317 e. The van der Waals surface area contributed by atoms with E-state index < -0.39 is 90.0 Å². The summed E-state index contributed by atoms with van der Waals surface area (Å²) in [7, 11) is 1.38. The normalized spacial score (nSPS) is 19.5. The number of hydrogen-bond acceptors (Lipinski definition) is 16. The van der Waals surface area contributed by atoms with E-state index >= 15 is 0 Å². The fraction of sp³-hybridized carbons (Fsp3) is 0.441. The Morgan fingerprint density at radius 1 is 0.614 bits per heavy atom. The molecule has 0 unspecified atom stereocenters. The van der Waals surface area contributed by atoms with Crippen LogP contribution in [0.3, 0.4) is 0 Å². The summed E-state index contributed by atoms with van der Waals surface area (Å²) in [5.74, 6) is -8.17. The van der Waals surface area contributed by atoms with Gasteiger partial charge in [-0.1, -0.05) is 48.5 Å². The highest BCUT2D eigenvalue weighted by molar-refractivity contribution is 14.1. The highest BCUT2D eigenvalue weighted by Crippen LogP contribution is 2.23. The van der Waals surface area contributed by atoms with Gasteiger partial charge in [-0.3, -0.25) is 73.0 Å². The number of phenolic OH excluding ortho intramolecular Hbond substituents is 1. The monoisotopic (exact) mass is 1330 g/mol. The Kier molecular flexibility index (Phi) is 26.6. The molecule has 4 aromatic carbocycles. The van der Waals surface area contributed by atoms with Gasteiger partial charge in [-0.25, -0.2) is 0 Å². The van der Waals surface area contributed by atoms with Crippen LogP contribution in [0.2, 0.25) is 0 Å². The minimum Gasteiger partial charge on any atom is -0.507 e. The van der Waals surface area contributed by atoms with Crippen molar-refractivity contribution in [1.29, 1.82) is 5.41 Å². The van der Waals surface area contributed by atoms with E-state index in [0.29, 0.717) is 20.4 Å². The average molecular weight is 1330 g/mol. The Hall–Kier alpha value is -8.52. The van der Waals surface area contributed by atoms with Crippen molar-refractivity contribution < 1.29 is 68.4 Å². The molecule has 7 amide bonds. The number of amides is 7. The molecule has 474 valence electrons. The Morgan fingerprint density at radius 2 is 1.14 bits per heavy atom. The molecule has 88 heavy (non-hydrogen) atoms. The van der Waals surface area contributed by atoms with E-state index in [-0.39, 0.29) is 147 Å². The van der Waals surface area contributed by atoms with Crippen LogP contribution in [-0.4, -0.2) is 240 Å². The van der Waals surface area contributed by atoms with Crippen LogP contribution in [-0.2, 0) is 56.0 Å². The Bertz CT molecular complexity index is 3120. The van der Waals surface area contributed by atoms with E-state index in [4.69, 9.17) is 11.1 Å². The van der Waals surface area contributed by atoms with Gasteiger partial charge in [0.1, 0.15) is 29.9 Å². The first-order chi connectivity index (χ1) is 42.0. The third kappa shape index (κ3) is 22.6. The highest BCUT2D eigenvalue weighted by atomic mass is 127. The number of likely N-dealkylation sites (N-methyl/N-ethyl adjacent to an activating group) is 1. The summed E-state index contributed by atoms with van der Waals surface area (Å²) in [5.41, 5.74) is 7.32. The second kappa shape index (κ2) is 34.1. The second-order valence-electron chi connectivity index (χ2n) is 21.6. The van der Waals surface area contributed by atoms with Gasteiger partial charge in [-0.2, -0.15) is 0 Å². The number of carbonyl (C=O) groups is 10.